The van der Waals surface area contributed by atoms with E-state index in [0.29, 0.717) is 16.9 Å². The van der Waals surface area contributed by atoms with Crippen molar-refractivity contribution in [1.29, 1.82) is 0 Å². The van der Waals surface area contributed by atoms with Crippen LogP contribution in [0.3, 0.4) is 0 Å². The number of halogens is 2. The lowest BCUT2D eigenvalue weighted by Crippen LogP contribution is -2.17. The number of hydrogen-bond donors (Lipinski definition) is 1. The fraction of sp³-hybridized carbons (Fsp3) is 0.455. The molecule has 0 spiro atoms. The minimum Gasteiger partial charge on any atom is -0.328 e. The zero-order valence-corrected chi connectivity index (χ0v) is 9.52. The minimum absolute atomic E-state index is 0.256. The second kappa shape index (κ2) is 3.73. The molecule has 2 rings (SSSR count). The fourth-order valence-corrected chi connectivity index (χ4v) is 2.50. The van der Waals surface area contributed by atoms with Gasteiger partial charge in [-0.1, -0.05) is 29.3 Å². The first-order valence-electron chi connectivity index (χ1n) is 4.80. The third-order valence-electron chi connectivity index (χ3n) is 2.88. The highest BCUT2D eigenvalue weighted by atomic mass is 35.5. The molecule has 0 amide bonds. The van der Waals surface area contributed by atoms with Crippen LogP contribution in [-0.2, 0) is 0 Å². The molecule has 76 valence electrons. The maximum Gasteiger partial charge on any atom is 0.0455 e. The van der Waals surface area contributed by atoms with Crippen molar-refractivity contribution in [3.63, 3.8) is 0 Å². The van der Waals surface area contributed by atoms with Gasteiger partial charge in [0.1, 0.15) is 0 Å². The number of rotatable bonds is 2. The highest BCUT2D eigenvalue weighted by Gasteiger charge is 2.41. The highest BCUT2D eigenvalue weighted by molar-refractivity contribution is 6.35. The molecule has 1 saturated carbocycles. The van der Waals surface area contributed by atoms with E-state index in [0.717, 1.165) is 11.4 Å². The predicted octanol–water partition coefficient (Wildman–Crippen LogP) is 3.44. The Morgan fingerprint density at radius 1 is 1.43 bits per heavy atom. The van der Waals surface area contributed by atoms with Gasteiger partial charge in [-0.3, -0.25) is 0 Å². The molecule has 1 aliphatic carbocycles. The number of benzene rings is 1. The smallest absolute Gasteiger partial charge is 0.0455 e. The molecule has 3 atom stereocenters. The van der Waals surface area contributed by atoms with Crippen molar-refractivity contribution in [1.82, 2.24) is 0 Å². The normalized spacial score (nSPS) is 27.4. The van der Waals surface area contributed by atoms with Gasteiger partial charge in [-0.2, -0.15) is 0 Å². The molecular weight excluding hydrogens is 217 g/mol. The average molecular weight is 230 g/mol. The molecule has 0 unspecified atom stereocenters. The molecule has 0 aliphatic heterocycles. The van der Waals surface area contributed by atoms with Crippen molar-refractivity contribution < 1.29 is 0 Å². The van der Waals surface area contributed by atoms with Crippen molar-refractivity contribution >= 4 is 23.2 Å². The van der Waals surface area contributed by atoms with Gasteiger partial charge in [0.05, 0.1) is 0 Å². The molecule has 1 aromatic carbocycles. The van der Waals surface area contributed by atoms with Crippen molar-refractivity contribution in [3.8, 4) is 0 Å². The van der Waals surface area contributed by atoms with Crippen LogP contribution in [0.4, 0.5) is 0 Å². The molecule has 0 radical (unpaired) electrons. The van der Waals surface area contributed by atoms with Gasteiger partial charge in [-0.05, 0) is 42.9 Å². The van der Waals surface area contributed by atoms with Gasteiger partial charge in [-0.15, -0.1) is 0 Å². The quantitative estimate of drug-likeness (QED) is 0.827. The molecule has 0 saturated heterocycles. The molecule has 1 aromatic rings. The van der Waals surface area contributed by atoms with Gasteiger partial charge in [0.15, 0.2) is 0 Å². The molecule has 1 nitrogen and oxygen atoms in total. The Kier molecular flexibility index (Phi) is 2.74. The van der Waals surface area contributed by atoms with Crippen molar-refractivity contribution in [2.45, 2.75) is 25.3 Å². The summed E-state index contributed by atoms with van der Waals surface area (Å²) in [5, 5.41) is 1.46. The van der Waals surface area contributed by atoms with E-state index in [4.69, 9.17) is 28.9 Å². The first-order valence-corrected chi connectivity index (χ1v) is 5.55. The Balaban J connectivity index is 2.19. The van der Waals surface area contributed by atoms with Crippen LogP contribution in [0, 0.1) is 5.92 Å². The van der Waals surface area contributed by atoms with Gasteiger partial charge < -0.3 is 5.73 Å². The monoisotopic (exact) mass is 229 g/mol. The van der Waals surface area contributed by atoms with Crippen molar-refractivity contribution in [3.05, 3.63) is 33.8 Å². The van der Waals surface area contributed by atoms with E-state index < -0.39 is 0 Å². The number of nitrogens with two attached hydrogens (primary N) is 1. The molecule has 1 fully saturated rings. The van der Waals surface area contributed by atoms with E-state index in [9.17, 15) is 0 Å². The Labute approximate surface area is 94.2 Å². The van der Waals surface area contributed by atoms with E-state index in [1.54, 1.807) is 6.07 Å². The van der Waals surface area contributed by atoms with Gasteiger partial charge in [-0.25, -0.2) is 0 Å². The second-order valence-electron chi connectivity index (χ2n) is 4.03. The van der Waals surface area contributed by atoms with E-state index in [1.807, 2.05) is 12.1 Å². The molecule has 2 N–H and O–H groups in total. The standard InChI is InChI=1S/C11H13Cl2N/c1-6(14)9-5-10(9)8-3-2-7(12)4-11(8)13/h2-4,6,9-10H,5,14H2,1H3/t6-,9+,10-/m1/s1. The summed E-state index contributed by atoms with van der Waals surface area (Å²) in [6.45, 7) is 2.05. The Hall–Kier alpha value is -0.240. The van der Waals surface area contributed by atoms with Crippen LogP contribution in [0.25, 0.3) is 0 Å². The van der Waals surface area contributed by atoms with E-state index in [1.165, 1.54) is 5.56 Å². The van der Waals surface area contributed by atoms with Crippen LogP contribution in [0.15, 0.2) is 18.2 Å². The summed E-state index contributed by atoms with van der Waals surface area (Å²) in [5.74, 6) is 1.13. The SMILES string of the molecule is C[C@@H](N)[C@@H]1C[C@@H]1c1ccc(Cl)cc1Cl. The zero-order valence-electron chi connectivity index (χ0n) is 8.00. The van der Waals surface area contributed by atoms with Crippen molar-refractivity contribution in [2.24, 2.45) is 11.7 Å². The lowest BCUT2D eigenvalue weighted by molar-refractivity contribution is 0.632. The summed E-state index contributed by atoms with van der Waals surface area (Å²) < 4.78 is 0. The van der Waals surface area contributed by atoms with Gasteiger partial charge >= 0.3 is 0 Å². The maximum atomic E-state index is 6.11. The average Bonchev–Trinajstić information content (AvgIpc) is 2.83. The summed E-state index contributed by atoms with van der Waals surface area (Å²) in [4.78, 5) is 0. The molecule has 14 heavy (non-hydrogen) atoms. The Morgan fingerprint density at radius 2 is 2.14 bits per heavy atom. The summed E-state index contributed by atoms with van der Waals surface area (Å²) in [7, 11) is 0. The molecule has 0 aromatic heterocycles. The van der Waals surface area contributed by atoms with Crippen molar-refractivity contribution in [2.75, 3.05) is 0 Å². The van der Waals surface area contributed by atoms with Gasteiger partial charge in [0.2, 0.25) is 0 Å². The van der Waals surface area contributed by atoms with Crippen LogP contribution in [0.1, 0.15) is 24.8 Å². The predicted molar refractivity (Wildman–Crippen MR) is 61.0 cm³/mol. The molecule has 0 bridgehead atoms. The molecule has 3 heteroatoms. The lowest BCUT2D eigenvalue weighted by Gasteiger charge is -2.06. The van der Waals surface area contributed by atoms with Crippen LogP contribution in [0.5, 0.6) is 0 Å². The minimum atomic E-state index is 0.256. The summed E-state index contributed by atoms with van der Waals surface area (Å²) in [6, 6.07) is 5.96. The third-order valence-corrected chi connectivity index (χ3v) is 3.44. The fourth-order valence-electron chi connectivity index (χ4n) is 1.96. The number of hydrogen-bond acceptors (Lipinski definition) is 1. The summed E-state index contributed by atoms with van der Waals surface area (Å²) in [5.41, 5.74) is 7.03. The van der Waals surface area contributed by atoms with Crippen LogP contribution < -0.4 is 5.73 Å². The lowest BCUT2D eigenvalue weighted by atomic mass is 10.1. The summed E-state index contributed by atoms with van der Waals surface area (Å²) in [6.07, 6.45) is 1.15. The largest absolute Gasteiger partial charge is 0.328 e. The van der Waals surface area contributed by atoms with Crippen LogP contribution in [-0.4, -0.2) is 6.04 Å². The van der Waals surface area contributed by atoms with E-state index in [2.05, 4.69) is 6.92 Å². The van der Waals surface area contributed by atoms with Gasteiger partial charge in [0, 0.05) is 16.1 Å². The highest BCUT2D eigenvalue weighted by Crippen LogP contribution is 2.51. The van der Waals surface area contributed by atoms with Crippen LogP contribution >= 0.6 is 23.2 Å². The first kappa shape index (κ1) is 10.3. The van der Waals surface area contributed by atoms with E-state index in [-0.39, 0.29) is 6.04 Å². The third kappa shape index (κ3) is 1.90. The Morgan fingerprint density at radius 3 is 2.64 bits per heavy atom. The van der Waals surface area contributed by atoms with Crippen LogP contribution in [0.2, 0.25) is 10.0 Å². The maximum absolute atomic E-state index is 6.11. The summed E-state index contributed by atoms with van der Waals surface area (Å²) >= 11 is 11.9. The Bertz CT molecular complexity index is 349. The first-order chi connectivity index (χ1) is 6.59. The molecule has 1 aliphatic rings. The van der Waals surface area contributed by atoms with Gasteiger partial charge in [0.25, 0.3) is 0 Å². The van der Waals surface area contributed by atoms with E-state index >= 15 is 0 Å². The second-order valence-corrected chi connectivity index (χ2v) is 4.87. The topological polar surface area (TPSA) is 26.0 Å². The zero-order chi connectivity index (χ0) is 10.3. The molecule has 0 heterocycles. The molecular formula is C11H13Cl2N.